The molecule has 0 unspecified atom stereocenters. The van der Waals surface area contributed by atoms with Crippen molar-refractivity contribution in [1.29, 1.82) is 0 Å². The number of amides is 1. The molecule has 0 aliphatic heterocycles. The molecule has 1 rings (SSSR count). The van der Waals surface area contributed by atoms with Crippen molar-refractivity contribution in [2.75, 3.05) is 5.32 Å². The summed E-state index contributed by atoms with van der Waals surface area (Å²) in [5.74, 6) is -8.68. The molecule has 0 fully saturated rings. The van der Waals surface area contributed by atoms with Gasteiger partial charge in [0, 0.05) is 0 Å². The maximum atomic E-state index is 12.9. The SMILES string of the molecule is O=C(Nc1c(Cl)c(Cl)cc(Cl)c1[N+](=O)[O-])C(F)(F)C(F)(F)F. The standard InChI is InChI=1S/C9H2Cl3F5N2O3/c10-2-1-3(11)6(19(21)22)5(4(2)12)18-7(20)8(13,14)9(15,16)17/h1H,(H,18,20). The molecule has 1 N–H and O–H groups in total. The summed E-state index contributed by atoms with van der Waals surface area (Å²) in [5.41, 5.74) is -2.35. The van der Waals surface area contributed by atoms with Gasteiger partial charge >= 0.3 is 23.7 Å². The third-order valence-corrected chi connectivity index (χ3v) is 3.28. The molecule has 0 aliphatic rings. The molecule has 1 aromatic rings. The zero-order valence-corrected chi connectivity index (χ0v) is 12.0. The highest BCUT2D eigenvalue weighted by Gasteiger charge is 2.63. The van der Waals surface area contributed by atoms with E-state index < -0.39 is 49.4 Å². The van der Waals surface area contributed by atoms with Crippen molar-refractivity contribution in [1.82, 2.24) is 0 Å². The number of benzene rings is 1. The minimum absolute atomic E-state index is 0.497. The molecule has 13 heteroatoms. The van der Waals surface area contributed by atoms with E-state index in [0.29, 0.717) is 0 Å². The first kappa shape index (κ1) is 18.7. The number of hydrogen-bond acceptors (Lipinski definition) is 3. The van der Waals surface area contributed by atoms with Crippen molar-refractivity contribution in [3.05, 3.63) is 31.2 Å². The Morgan fingerprint density at radius 2 is 1.64 bits per heavy atom. The van der Waals surface area contributed by atoms with E-state index in [4.69, 9.17) is 34.8 Å². The predicted octanol–water partition coefficient (Wildman–Crippen LogP) is 4.69. The summed E-state index contributed by atoms with van der Waals surface area (Å²) in [5, 5.41) is 9.80. The molecule has 0 heterocycles. The van der Waals surface area contributed by atoms with Crippen LogP contribution < -0.4 is 5.32 Å². The van der Waals surface area contributed by atoms with E-state index in [1.165, 1.54) is 0 Å². The molecule has 5 nitrogen and oxygen atoms in total. The van der Waals surface area contributed by atoms with E-state index in [2.05, 4.69) is 0 Å². The highest BCUT2D eigenvalue weighted by molar-refractivity contribution is 6.46. The molecule has 1 amide bonds. The Labute approximate surface area is 133 Å². The molecule has 0 saturated carbocycles. The molecule has 0 radical (unpaired) electrons. The van der Waals surface area contributed by atoms with Crippen LogP contribution in [0.1, 0.15) is 0 Å². The minimum atomic E-state index is -6.21. The van der Waals surface area contributed by atoms with Crippen LogP contribution in [0.4, 0.5) is 33.3 Å². The summed E-state index contributed by atoms with van der Waals surface area (Å²) in [6, 6.07) is 0.765. The van der Waals surface area contributed by atoms with Crippen LogP contribution in [0, 0.1) is 10.1 Å². The highest BCUT2D eigenvalue weighted by atomic mass is 35.5. The number of hydrogen-bond donors (Lipinski definition) is 1. The van der Waals surface area contributed by atoms with Crippen LogP contribution in [-0.4, -0.2) is 22.9 Å². The van der Waals surface area contributed by atoms with Gasteiger partial charge in [-0.3, -0.25) is 14.9 Å². The van der Waals surface area contributed by atoms with Gasteiger partial charge in [0.15, 0.2) is 0 Å². The quantitative estimate of drug-likeness (QED) is 0.354. The van der Waals surface area contributed by atoms with Crippen LogP contribution in [0.5, 0.6) is 0 Å². The number of anilines is 1. The zero-order chi connectivity index (χ0) is 17.5. The van der Waals surface area contributed by atoms with Crippen molar-refractivity contribution in [3.8, 4) is 0 Å². The highest BCUT2D eigenvalue weighted by Crippen LogP contribution is 2.44. The van der Waals surface area contributed by atoms with E-state index in [9.17, 15) is 36.9 Å². The van der Waals surface area contributed by atoms with Gasteiger partial charge in [0.1, 0.15) is 10.7 Å². The van der Waals surface area contributed by atoms with E-state index in [0.717, 1.165) is 11.4 Å². The fourth-order valence-corrected chi connectivity index (χ4v) is 1.92. The fraction of sp³-hybridized carbons (Fsp3) is 0.222. The summed E-state index contributed by atoms with van der Waals surface area (Å²) in [4.78, 5) is 20.6. The molecule has 1 aromatic carbocycles. The Morgan fingerprint density at radius 3 is 2.05 bits per heavy atom. The Kier molecular flexibility index (Phi) is 5.10. The third kappa shape index (κ3) is 3.33. The normalized spacial score (nSPS) is 12.2. The fourth-order valence-electron chi connectivity index (χ4n) is 1.20. The molecule has 0 bridgehead atoms. The number of nitrogens with zero attached hydrogens (tertiary/aromatic N) is 1. The first-order valence-corrected chi connectivity index (χ1v) is 6.02. The number of nitrogens with one attached hydrogen (secondary N) is 1. The maximum absolute atomic E-state index is 12.9. The lowest BCUT2D eigenvalue weighted by atomic mass is 10.2. The molecule has 0 aromatic heterocycles. The molecule has 22 heavy (non-hydrogen) atoms. The van der Waals surface area contributed by atoms with Gasteiger partial charge in [0.05, 0.1) is 15.0 Å². The average Bonchev–Trinajstić information content (AvgIpc) is 2.33. The zero-order valence-electron chi connectivity index (χ0n) is 9.77. The van der Waals surface area contributed by atoms with Gasteiger partial charge in [-0.25, -0.2) is 0 Å². The summed E-state index contributed by atoms with van der Waals surface area (Å²) in [6.07, 6.45) is -6.21. The van der Waals surface area contributed by atoms with Crippen LogP contribution in [-0.2, 0) is 4.79 Å². The van der Waals surface area contributed by atoms with Gasteiger partial charge < -0.3 is 5.32 Å². The monoisotopic (exact) mass is 386 g/mol. The van der Waals surface area contributed by atoms with E-state index >= 15 is 0 Å². The van der Waals surface area contributed by atoms with Crippen LogP contribution >= 0.6 is 34.8 Å². The van der Waals surface area contributed by atoms with Crippen molar-refractivity contribution in [2.45, 2.75) is 12.1 Å². The Balaban J connectivity index is 3.41. The second-order valence-corrected chi connectivity index (χ2v) is 4.85. The molecular weight excluding hydrogens is 385 g/mol. The lowest BCUT2D eigenvalue weighted by Gasteiger charge is -2.19. The van der Waals surface area contributed by atoms with Crippen molar-refractivity contribution in [3.63, 3.8) is 0 Å². The van der Waals surface area contributed by atoms with Gasteiger partial charge in [0.2, 0.25) is 0 Å². The van der Waals surface area contributed by atoms with Crippen LogP contribution in [0.15, 0.2) is 6.07 Å². The Hall–Kier alpha value is -1.39. The number of halogens is 8. The number of carbonyl (C=O) groups is 1. The second-order valence-electron chi connectivity index (χ2n) is 3.66. The average molecular weight is 387 g/mol. The van der Waals surface area contributed by atoms with Gasteiger partial charge in [-0.2, -0.15) is 22.0 Å². The topological polar surface area (TPSA) is 72.2 Å². The smallest absolute Gasteiger partial charge is 0.313 e. The van der Waals surface area contributed by atoms with Crippen molar-refractivity contribution < 1.29 is 31.7 Å². The van der Waals surface area contributed by atoms with Gasteiger partial charge in [0.25, 0.3) is 0 Å². The summed E-state index contributed by atoms with van der Waals surface area (Å²) in [6.45, 7) is 0. The second kappa shape index (κ2) is 6.01. The van der Waals surface area contributed by atoms with Crippen LogP contribution in [0.2, 0.25) is 15.1 Å². The lowest BCUT2D eigenvalue weighted by molar-refractivity contribution is -0.383. The summed E-state index contributed by atoms with van der Waals surface area (Å²) in [7, 11) is 0. The number of alkyl halides is 5. The summed E-state index contributed by atoms with van der Waals surface area (Å²) >= 11 is 16.4. The molecule has 0 spiro atoms. The maximum Gasteiger partial charge on any atom is 0.463 e. The molecule has 122 valence electrons. The van der Waals surface area contributed by atoms with Crippen LogP contribution in [0.3, 0.4) is 0 Å². The van der Waals surface area contributed by atoms with Crippen molar-refractivity contribution in [2.24, 2.45) is 0 Å². The first-order valence-electron chi connectivity index (χ1n) is 4.88. The molecule has 0 saturated heterocycles. The number of rotatable bonds is 3. The largest absolute Gasteiger partial charge is 0.463 e. The lowest BCUT2D eigenvalue weighted by Crippen LogP contribution is -2.47. The number of nitro groups is 1. The van der Waals surface area contributed by atoms with Gasteiger partial charge in [-0.1, -0.05) is 34.8 Å². The Bertz CT molecular complexity index is 650. The van der Waals surface area contributed by atoms with Crippen molar-refractivity contribution >= 4 is 52.1 Å². The van der Waals surface area contributed by atoms with Gasteiger partial charge in [-0.05, 0) is 6.07 Å². The third-order valence-electron chi connectivity index (χ3n) is 2.21. The van der Waals surface area contributed by atoms with Crippen LogP contribution in [0.25, 0.3) is 0 Å². The van der Waals surface area contributed by atoms with E-state index in [1.807, 2.05) is 0 Å². The van der Waals surface area contributed by atoms with Gasteiger partial charge in [-0.15, -0.1) is 0 Å². The minimum Gasteiger partial charge on any atom is -0.313 e. The van der Waals surface area contributed by atoms with E-state index in [1.54, 1.807) is 0 Å². The number of nitro benzene ring substituents is 1. The summed E-state index contributed by atoms with van der Waals surface area (Å²) < 4.78 is 61.9. The number of carbonyl (C=O) groups excluding carboxylic acids is 1. The Morgan fingerprint density at radius 1 is 1.14 bits per heavy atom. The van der Waals surface area contributed by atoms with E-state index in [-0.39, 0.29) is 0 Å². The molecule has 0 atom stereocenters. The predicted molar refractivity (Wildman–Crippen MR) is 67.8 cm³/mol. The first-order chi connectivity index (χ1) is 9.80. The molecular formula is C9H2Cl3F5N2O3. The molecule has 0 aliphatic carbocycles.